The van der Waals surface area contributed by atoms with Crippen LogP contribution in [0.15, 0.2) is 53.4 Å². The number of amides is 1. The van der Waals surface area contributed by atoms with Crippen molar-refractivity contribution in [3.63, 3.8) is 0 Å². The van der Waals surface area contributed by atoms with Crippen LogP contribution in [0.3, 0.4) is 0 Å². The molecule has 0 saturated carbocycles. The number of carbonyl (C=O) groups is 2. The van der Waals surface area contributed by atoms with Crippen LogP contribution in [0, 0.1) is 0 Å². The summed E-state index contributed by atoms with van der Waals surface area (Å²) >= 11 is 0. The molecular weight excluding hydrogens is 446 g/mol. The van der Waals surface area contributed by atoms with Crippen molar-refractivity contribution in [2.24, 2.45) is 0 Å². The zero-order valence-electron chi connectivity index (χ0n) is 17.2. The van der Waals surface area contributed by atoms with E-state index in [0.717, 1.165) is 12.8 Å². The number of nitrogens with one attached hydrogen (secondary N) is 1. The molecule has 0 radical (unpaired) electrons. The summed E-state index contributed by atoms with van der Waals surface area (Å²) in [6.07, 6.45) is 0.263. The number of rotatable bonds is 8. The first-order valence-corrected chi connectivity index (χ1v) is 11.3. The summed E-state index contributed by atoms with van der Waals surface area (Å²) in [6.45, 7) is -0.933. The second-order valence-corrected chi connectivity index (χ2v) is 8.99. The number of esters is 1. The standard InChI is InChI=1S/C21H22F2N2O6S/c1-14(19(26)24-17-9-2-3-10-18(17)31-21(22)23)30-20(27)15-7-6-8-16(13-15)32(28,29)25-11-4-5-12-25/h2-3,6-10,13-14,21H,4-5,11-12H2,1H3,(H,24,26). The Bertz CT molecular complexity index is 1090. The van der Waals surface area contributed by atoms with Gasteiger partial charge in [0.15, 0.2) is 6.10 Å². The highest BCUT2D eigenvalue weighted by Gasteiger charge is 2.28. The van der Waals surface area contributed by atoms with Gasteiger partial charge in [0.05, 0.1) is 16.1 Å². The quantitative estimate of drug-likeness (QED) is 0.597. The molecule has 3 rings (SSSR count). The second-order valence-electron chi connectivity index (χ2n) is 7.05. The van der Waals surface area contributed by atoms with Gasteiger partial charge in [-0.1, -0.05) is 18.2 Å². The van der Waals surface area contributed by atoms with Gasteiger partial charge in [0, 0.05) is 13.1 Å². The maximum Gasteiger partial charge on any atom is 0.387 e. The van der Waals surface area contributed by atoms with Gasteiger partial charge < -0.3 is 14.8 Å². The number of hydrogen-bond donors (Lipinski definition) is 1. The molecule has 11 heteroatoms. The molecule has 0 spiro atoms. The van der Waals surface area contributed by atoms with Gasteiger partial charge in [-0.2, -0.15) is 13.1 Å². The molecule has 1 fully saturated rings. The third kappa shape index (κ3) is 5.60. The highest BCUT2D eigenvalue weighted by Crippen LogP contribution is 2.26. The summed E-state index contributed by atoms with van der Waals surface area (Å²) in [5.41, 5.74) is -0.0502. The van der Waals surface area contributed by atoms with E-state index in [9.17, 15) is 26.8 Å². The lowest BCUT2D eigenvalue weighted by Gasteiger charge is -2.17. The van der Waals surface area contributed by atoms with Crippen molar-refractivity contribution in [3.05, 3.63) is 54.1 Å². The van der Waals surface area contributed by atoms with E-state index < -0.39 is 34.6 Å². The van der Waals surface area contributed by atoms with E-state index in [4.69, 9.17) is 4.74 Å². The summed E-state index contributed by atoms with van der Waals surface area (Å²) in [5, 5.41) is 2.37. The Morgan fingerprint density at radius 3 is 2.44 bits per heavy atom. The van der Waals surface area contributed by atoms with E-state index in [-0.39, 0.29) is 21.9 Å². The number of ether oxygens (including phenoxy) is 2. The van der Waals surface area contributed by atoms with Crippen LogP contribution >= 0.6 is 0 Å². The van der Waals surface area contributed by atoms with Crippen LogP contribution in [-0.2, 0) is 19.6 Å². The lowest BCUT2D eigenvalue weighted by atomic mass is 10.2. The summed E-state index contributed by atoms with van der Waals surface area (Å²) < 4.78 is 61.3. The minimum absolute atomic E-state index is 0.0144. The summed E-state index contributed by atoms with van der Waals surface area (Å²) in [7, 11) is -3.72. The predicted molar refractivity (Wildman–Crippen MR) is 111 cm³/mol. The number of sulfonamides is 1. The van der Waals surface area contributed by atoms with Crippen LogP contribution in [0.5, 0.6) is 5.75 Å². The summed E-state index contributed by atoms with van der Waals surface area (Å²) in [5.74, 6) is -1.91. The van der Waals surface area contributed by atoms with Crippen molar-refractivity contribution in [3.8, 4) is 5.75 Å². The first-order valence-electron chi connectivity index (χ1n) is 9.84. The molecule has 1 atom stereocenters. The number of halogens is 2. The maximum absolute atomic E-state index is 12.7. The molecule has 0 bridgehead atoms. The predicted octanol–water partition coefficient (Wildman–Crippen LogP) is 3.26. The van der Waals surface area contributed by atoms with Crippen molar-refractivity contribution in [1.29, 1.82) is 0 Å². The zero-order chi connectivity index (χ0) is 23.3. The number of anilines is 1. The first kappa shape index (κ1) is 23.6. The van der Waals surface area contributed by atoms with Crippen LogP contribution < -0.4 is 10.1 Å². The molecule has 32 heavy (non-hydrogen) atoms. The molecule has 2 aromatic rings. The van der Waals surface area contributed by atoms with Crippen molar-refractivity contribution in [2.45, 2.75) is 37.4 Å². The van der Waals surface area contributed by atoms with Gasteiger partial charge in [-0.3, -0.25) is 4.79 Å². The molecule has 1 N–H and O–H groups in total. The molecule has 2 aromatic carbocycles. The average molecular weight is 468 g/mol. The highest BCUT2D eigenvalue weighted by atomic mass is 32.2. The highest BCUT2D eigenvalue weighted by molar-refractivity contribution is 7.89. The molecule has 0 aromatic heterocycles. The third-order valence-electron chi connectivity index (χ3n) is 4.79. The van der Waals surface area contributed by atoms with E-state index >= 15 is 0 Å². The largest absolute Gasteiger partial charge is 0.449 e. The maximum atomic E-state index is 12.7. The van der Waals surface area contributed by atoms with Crippen molar-refractivity contribution >= 4 is 27.6 Å². The van der Waals surface area contributed by atoms with Crippen LogP contribution in [0.4, 0.5) is 14.5 Å². The third-order valence-corrected chi connectivity index (χ3v) is 6.68. The lowest BCUT2D eigenvalue weighted by Crippen LogP contribution is -2.30. The van der Waals surface area contributed by atoms with E-state index in [1.165, 1.54) is 59.8 Å². The molecule has 1 heterocycles. The average Bonchev–Trinajstić information content (AvgIpc) is 3.30. The van der Waals surface area contributed by atoms with E-state index in [2.05, 4.69) is 10.1 Å². The number of benzene rings is 2. The number of hydrogen-bond acceptors (Lipinski definition) is 6. The minimum Gasteiger partial charge on any atom is -0.449 e. The van der Waals surface area contributed by atoms with Crippen molar-refractivity contribution in [1.82, 2.24) is 4.31 Å². The molecule has 1 aliphatic rings. The molecule has 172 valence electrons. The molecular formula is C21H22F2N2O6S. The summed E-state index contributed by atoms with van der Waals surface area (Å²) in [4.78, 5) is 24.8. The van der Waals surface area contributed by atoms with Crippen LogP contribution in [-0.4, -0.2) is 50.4 Å². The molecule has 1 saturated heterocycles. The first-order chi connectivity index (χ1) is 15.2. The zero-order valence-corrected chi connectivity index (χ0v) is 18.0. The molecule has 8 nitrogen and oxygen atoms in total. The Balaban J connectivity index is 1.68. The van der Waals surface area contributed by atoms with Crippen molar-refractivity contribution < 1.29 is 36.3 Å². The van der Waals surface area contributed by atoms with E-state index in [1.807, 2.05) is 0 Å². The minimum atomic E-state index is -3.72. The summed E-state index contributed by atoms with van der Waals surface area (Å²) in [6, 6.07) is 11.0. The van der Waals surface area contributed by atoms with Crippen LogP contribution in [0.2, 0.25) is 0 Å². The monoisotopic (exact) mass is 468 g/mol. The smallest absolute Gasteiger partial charge is 0.387 e. The topological polar surface area (TPSA) is 102 Å². The molecule has 1 unspecified atom stereocenters. The van der Waals surface area contributed by atoms with Crippen LogP contribution in [0.25, 0.3) is 0 Å². The Labute approximate surface area is 184 Å². The van der Waals surface area contributed by atoms with Gasteiger partial charge in [0.25, 0.3) is 5.91 Å². The van der Waals surface area contributed by atoms with Gasteiger partial charge in [0.2, 0.25) is 10.0 Å². The fourth-order valence-electron chi connectivity index (χ4n) is 3.15. The van der Waals surface area contributed by atoms with Gasteiger partial charge >= 0.3 is 12.6 Å². The van der Waals surface area contributed by atoms with Gasteiger partial charge in [0.1, 0.15) is 5.75 Å². The Morgan fingerprint density at radius 1 is 1.06 bits per heavy atom. The van der Waals surface area contributed by atoms with Gasteiger partial charge in [-0.15, -0.1) is 0 Å². The van der Waals surface area contributed by atoms with E-state index in [0.29, 0.717) is 13.1 Å². The SMILES string of the molecule is CC(OC(=O)c1cccc(S(=O)(=O)N2CCCC2)c1)C(=O)Nc1ccccc1OC(F)F. The van der Waals surface area contributed by atoms with Gasteiger partial charge in [-0.25, -0.2) is 13.2 Å². The number of nitrogens with zero attached hydrogens (tertiary/aromatic N) is 1. The molecule has 1 amide bonds. The number of alkyl halides is 2. The fraction of sp³-hybridized carbons (Fsp3) is 0.333. The van der Waals surface area contributed by atoms with Crippen molar-refractivity contribution in [2.75, 3.05) is 18.4 Å². The number of carbonyl (C=O) groups excluding carboxylic acids is 2. The molecule has 1 aliphatic heterocycles. The molecule has 0 aliphatic carbocycles. The van der Waals surface area contributed by atoms with Gasteiger partial charge in [-0.05, 0) is 50.1 Å². The van der Waals surface area contributed by atoms with Crippen LogP contribution in [0.1, 0.15) is 30.1 Å². The Kier molecular flexibility index (Phi) is 7.41. The Hall–Kier alpha value is -3.05. The Morgan fingerprint density at radius 2 is 1.75 bits per heavy atom. The lowest BCUT2D eigenvalue weighted by molar-refractivity contribution is -0.123. The number of para-hydroxylation sites is 2. The fourth-order valence-corrected chi connectivity index (χ4v) is 4.71. The normalized spacial score (nSPS) is 15.4. The second kappa shape index (κ2) is 10.0. The van der Waals surface area contributed by atoms with E-state index in [1.54, 1.807) is 0 Å².